The Morgan fingerprint density at radius 3 is 2.48 bits per heavy atom. The van der Waals surface area contributed by atoms with Crippen LogP contribution in [0.15, 0.2) is 63.0 Å². The summed E-state index contributed by atoms with van der Waals surface area (Å²) in [5.41, 5.74) is 2.20. The van der Waals surface area contributed by atoms with Crippen LogP contribution in [0, 0.1) is 6.92 Å². The molecular formula is C22H22N4O2S. The van der Waals surface area contributed by atoms with Crippen LogP contribution in [0.25, 0.3) is 16.6 Å². The molecule has 0 bridgehead atoms. The molecule has 0 aliphatic carbocycles. The topological polar surface area (TPSA) is 73.8 Å². The molecule has 0 aliphatic rings. The van der Waals surface area contributed by atoms with Gasteiger partial charge in [-0.25, -0.2) is 4.98 Å². The zero-order chi connectivity index (χ0) is 20.6. The fourth-order valence-electron chi connectivity index (χ4n) is 2.98. The van der Waals surface area contributed by atoms with Gasteiger partial charge in [0.25, 0.3) is 5.56 Å². The first kappa shape index (κ1) is 19.4. The van der Waals surface area contributed by atoms with Crippen LogP contribution in [-0.4, -0.2) is 19.7 Å². The molecule has 0 spiro atoms. The molecule has 2 aromatic carbocycles. The predicted molar refractivity (Wildman–Crippen MR) is 115 cm³/mol. The van der Waals surface area contributed by atoms with Crippen LogP contribution in [0.3, 0.4) is 0 Å². The van der Waals surface area contributed by atoms with Crippen molar-refractivity contribution < 1.29 is 4.52 Å². The van der Waals surface area contributed by atoms with Gasteiger partial charge in [-0.3, -0.25) is 9.36 Å². The molecule has 4 rings (SSSR count). The van der Waals surface area contributed by atoms with Gasteiger partial charge in [0, 0.05) is 5.41 Å². The molecule has 0 fully saturated rings. The molecule has 0 saturated carbocycles. The van der Waals surface area contributed by atoms with E-state index in [1.165, 1.54) is 11.8 Å². The fourth-order valence-corrected chi connectivity index (χ4v) is 3.83. The predicted octanol–water partition coefficient (Wildman–Crippen LogP) is 4.67. The van der Waals surface area contributed by atoms with E-state index in [1.807, 2.05) is 76.2 Å². The van der Waals surface area contributed by atoms with Gasteiger partial charge in [0.15, 0.2) is 11.0 Å². The van der Waals surface area contributed by atoms with Crippen LogP contribution >= 0.6 is 11.8 Å². The van der Waals surface area contributed by atoms with Gasteiger partial charge in [-0.15, -0.1) is 0 Å². The average molecular weight is 407 g/mol. The summed E-state index contributed by atoms with van der Waals surface area (Å²) in [5, 5.41) is 5.27. The van der Waals surface area contributed by atoms with E-state index in [-0.39, 0.29) is 11.0 Å². The van der Waals surface area contributed by atoms with Gasteiger partial charge in [-0.2, -0.15) is 4.98 Å². The molecule has 0 N–H and O–H groups in total. The van der Waals surface area contributed by atoms with Crippen molar-refractivity contribution in [2.75, 3.05) is 0 Å². The van der Waals surface area contributed by atoms with Crippen molar-refractivity contribution in [3.05, 3.63) is 76.2 Å². The lowest BCUT2D eigenvalue weighted by Gasteiger charge is -2.14. The van der Waals surface area contributed by atoms with Crippen LogP contribution in [-0.2, 0) is 11.2 Å². The number of hydrogen-bond acceptors (Lipinski definition) is 6. The van der Waals surface area contributed by atoms with Crippen molar-refractivity contribution in [1.29, 1.82) is 0 Å². The molecule has 0 amide bonds. The van der Waals surface area contributed by atoms with E-state index in [9.17, 15) is 4.79 Å². The molecule has 29 heavy (non-hydrogen) atoms. The Balaban J connectivity index is 1.79. The van der Waals surface area contributed by atoms with Crippen LogP contribution in [0.4, 0.5) is 0 Å². The molecule has 2 aromatic heterocycles. The summed E-state index contributed by atoms with van der Waals surface area (Å²) >= 11 is 1.42. The van der Waals surface area contributed by atoms with Gasteiger partial charge in [-0.1, -0.05) is 68.0 Å². The van der Waals surface area contributed by atoms with E-state index in [0.717, 1.165) is 11.3 Å². The van der Waals surface area contributed by atoms with Crippen LogP contribution in [0.5, 0.6) is 0 Å². The maximum atomic E-state index is 13.3. The zero-order valence-electron chi connectivity index (χ0n) is 16.8. The first-order chi connectivity index (χ1) is 13.8. The summed E-state index contributed by atoms with van der Waals surface area (Å²) in [6.07, 6.45) is 0. The Hall–Kier alpha value is -2.93. The quantitative estimate of drug-likeness (QED) is 0.362. The molecule has 0 atom stereocenters. The number of rotatable bonds is 4. The number of aryl methyl sites for hydroxylation is 1. The van der Waals surface area contributed by atoms with Gasteiger partial charge in [0.05, 0.1) is 22.3 Å². The van der Waals surface area contributed by atoms with Crippen molar-refractivity contribution in [3.8, 4) is 5.69 Å². The molecule has 0 radical (unpaired) electrons. The Morgan fingerprint density at radius 2 is 1.76 bits per heavy atom. The molecule has 2 heterocycles. The fraction of sp³-hybridized carbons (Fsp3) is 0.273. The number of fused-ring (bicyclic) bond motifs is 1. The summed E-state index contributed by atoms with van der Waals surface area (Å²) in [4.78, 5) is 22.6. The second-order valence-corrected chi connectivity index (χ2v) is 8.84. The van der Waals surface area contributed by atoms with Crippen molar-refractivity contribution in [3.63, 3.8) is 0 Å². The van der Waals surface area contributed by atoms with E-state index in [0.29, 0.717) is 33.5 Å². The van der Waals surface area contributed by atoms with Crippen LogP contribution < -0.4 is 5.56 Å². The SMILES string of the molecule is Cc1ccccc1-n1c(SCc2noc(C(C)(C)C)n2)nc2ccccc2c1=O. The Labute approximate surface area is 173 Å². The Kier molecular flexibility index (Phi) is 5.00. The minimum atomic E-state index is -0.208. The molecule has 0 saturated heterocycles. The molecule has 148 valence electrons. The number of benzene rings is 2. The van der Waals surface area contributed by atoms with Gasteiger partial charge < -0.3 is 4.52 Å². The zero-order valence-corrected chi connectivity index (χ0v) is 17.7. The van der Waals surface area contributed by atoms with Gasteiger partial charge in [0.1, 0.15) is 0 Å². The summed E-state index contributed by atoms with van der Waals surface area (Å²) in [7, 11) is 0. The van der Waals surface area contributed by atoms with Gasteiger partial charge in [0.2, 0.25) is 5.89 Å². The lowest BCUT2D eigenvalue weighted by molar-refractivity contribution is 0.319. The molecular weight excluding hydrogens is 384 g/mol. The summed E-state index contributed by atoms with van der Waals surface area (Å²) in [5.74, 6) is 1.63. The highest BCUT2D eigenvalue weighted by Gasteiger charge is 2.22. The summed E-state index contributed by atoms with van der Waals surface area (Å²) in [6, 6.07) is 15.2. The standard InChI is InChI=1S/C22H22N4O2S/c1-14-9-5-8-12-17(14)26-19(27)15-10-6-7-11-16(15)23-21(26)29-13-18-24-20(28-25-18)22(2,3)4/h5-12H,13H2,1-4H3. The highest BCUT2D eigenvalue weighted by Crippen LogP contribution is 2.26. The summed E-state index contributed by atoms with van der Waals surface area (Å²) < 4.78 is 7.06. The smallest absolute Gasteiger partial charge is 0.266 e. The van der Waals surface area contributed by atoms with E-state index >= 15 is 0 Å². The third-order valence-corrected chi connectivity index (χ3v) is 5.48. The lowest BCUT2D eigenvalue weighted by Crippen LogP contribution is -2.22. The summed E-state index contributed by atoms with van der Waals surface area (Å²) in [6.45, 7) is 8.06. The minimum Gasteiger partial charge on any atom is -0.339 e. The Morgan fingerprint density at radius 1 is 1.03 bits per heavy atom. The average Bonchev–Trinajstić information content (AvgIpc) is 3.17. The molecule has 7 heteroatoms. The maximum absolute atomic E-state index is 13.3. The van der Waals surface area contributed by atoms with Crippen LogP contribution in [0.2, 0.25) is 0 Å². The molecule has 0 unspecified atom stereocenters. The van der Waals surface area contributed by atoms with Crippen molar-refractivity contribution in [2.24, 2.45) is 0 Å². The molecule has 4 aromatic rings. The van der Waals surface area contributed by atoms with Crippen molar-refractivity contribution in [2.45, 2.75) is 44.0 Å². The first-order valence-electron chi connectivity index (χ1n) is 9.38. The Bertz CT molecular complexity index is 1240. The largest absolute Gasteiger partial charge is 0.339 e. The van der Waals surface area contributed by atoms with Gasteiger partial charge >= 0.3 is 0 Å². The first-order valence-corrected chi connectivity index (χ1v) is 10.4. The van der Waals surface area contributed by atoms with Crippen LogP contribution in [0.1, 0.15) is 38.0 Å². The van der Waals surface area contributed by atoms with E-state index in [1.54, 1.807) is 4.57 Å². The monoisotopic (exact) mass is 406 g/mol. The highest BCUT2D eigenvalue weighted by atomic mass is 32.2. The number of thioether (sulfide) groups is 1. The maximum Gasteiger partial charge on any atom is 0.266 e. The van der Waals surface area contributed by atoms with Gasteiger partial charge in [-0.05, 0) is 30.7 Å². The number of nitrogens with zero attached hydrogens (tertiary/aromatic N) is 4. The minimum absolute atomic E-state index is 0.0871. The van der Waals surface area contributed by atoms with E-state index in [4.69, 9.17) is 9.51 Å². The third-order valence-electron chi connectivity index (χ3n) is 4.54. The van der Waals surface area contributed by atoms with Crippen molar-refractivity contribution >= 4 is 22.7 Å². The number of para-hydroxylation sites is 2. The molecule has 6 nitrogen and oxygen atoms in total. The van der Waals surface area contributed by atoms with E-state index in [2.05, 4.69) is 10.1 Å². The highest BCUT2D eigenvalue weighted by molar-refractivity contribution is 7.98. The lowest BCUT2D eigenvalue weighted by atomic mass is 9.97. The number of hydrogen-bond donors (Lipinski definition) is 0. The van der Waals surface area contributed by atoms with E-state index < -0.39 is 0 Å². The molecule has 0 aliphatic heterocycles. The normalized spacial score (nSPS) is 11.9. The third kappa shape index (κ3) is 3.82. The second kappa shape index (κ2) is 7.48. The van der Waals surface area contributed by atoms with Crippen molar-refractivity contribution in [1.82, 2.24) is 19.7 Å². The second-order valence-electron chi connectivity index (χ2n) is 7.89. The number of aromatic nitrogens is 4.